The fourth-order valence-corrected chi connectivity index (χ4v) is 3.99. The molecule has 2 fully saturated rings. The van der Waals surface area contributed by atoms with Crippen LogP contribution in [0.2, 0.25) is 5.31 Å². The topological polar surface area (TPSA) is 18.5 Å². The molecule has 6 heteroatoms. The summed E-state index contributed by atoms with van der Waals surface area (Å²) in [5.41, 5.74) is -0.0766. The van der Waals surface area contributed by atoms with E-state index in [0.29, 0.717) is 0 Å². The van der Waals surface area contributed by atoms with Crippen molar-refractivity contribution in [2.75, 3.05) is 0 Å². The molecular weight excluding hydrogens is 328 g/mol. The van der Waals surface area contributed by atoms with E-state index in [0.717, 1.165) is 5.56 Å². The summed E-state index contributed by atoms with van der Waals surface area (Å²) in [5.74, 6) is -1.36. The van der Waals surface area contributed by atoms with Gasteiger partial charge < -0.3 is 9.31 Å². The Kier molecular flexibility index (Phi) is 4.32. The summed E-state index contributed by atoms with van der Waals surface area (Å²) in [4.78, 5) is 0. The Hall–Kier alpha value is -1.01. The van der Waals surface area contributed by atoms with Gasteiger partial charge in [0.25, 0.3) is 0 Å². The van der Waals surface area contributed by atoms with E-state index in [1.54, 1.807) is 0 Å². The Morgan fingerprint density at radius 1 is 1.00 bits per heavy atom. The second-order valence-electron chi connectivity index (χ2n) is 8.60. The summed E-state index contributed by atoms with van der Waals surface area (Å²) < 4.78 is 52.0. The van der Waals surface area contributed by atoms with Crippen molar-refractivity contribution in [2.45, 2.75) is 76.1 Å². The van der Waals surface area contributed by atoms with E-state index in [1.165, 1.54) is 0 Å². The van der Waals surface area contributed by atoms with E-state index < -0.39 is 35.7 Å². The van der Waals surface area contributed by atoms with Crippen molar-refractivity contribution >= 4 is 7.12 Å². The van der Waals surface area contributed by atoms with Gasteiger partial charge in [-0.05, 0) is 52.0 Å². The molecule has 1 saturated carbocycles. The quantitative estimate of drug-likeness (QED) is 0.659. The fraction of sp³-hybridized carbons (Fsp3) is 0.684. The largest absolute Gasteiger partial charge is 0.465 e. The van der Waals surface area contributed by atoms with Crippen LogP contribution in [0.3, 0.4) is 0 Å². The first-order valence-electron chi connectivity index (χ1n) is 8.86. The molecule has 0 aromatic heterocycles. The predicted molar refractivity (Wildman–Crippen MR) is 92.4 cm³/mol. The molecule has 0 radical (unpaired) electrons. The molecule has 1 aromatic rings. The summed E-state index contributed by atoms with van der Waals surface area (Å²) in [6.07, 6.45) is -4.07. The van der Waals surface area contributed by atoms with Crippen LogP contribution in [0.5, 0.6) is 0 Å². The maximum atomic E-state index is 13.2. The second-order valence-corrected chi connectivity index (χ2v) is 8.60. The SMILES string of the molecule is C[C@H](c1ccccc1)C1(B2OC(C)(C)C(C)(C)O2)CC(C(F)(F)F)C1. The highest BCUT2D eigenvalue weighted by Crippen LogP contribution is 2.67. The molecular formula is C19H26BF3O2. The first kappa shape index (κ1) is 18.8. The fourth-order valence-electron chi connectivity index (χ4n) is 3.99. The number of benzene rings is 1. The monoisotopic (exact) mass is 354 g/mol. The zero-order chi connectivity index (χ0) is 18.7. The summed E-state index contributed by atoms with van der Waals surface area (Å²) >= 11 is 0. The van der Waals surface area contributed by atoms with Crippen molar-refractivity contribution in [3.8, 4) is 0 Å². The van der Waals surface area contributed by atoms with E-state index in [-0.39, 0.29) is 18.8 Å². The van der Waals surface area contributed by atoms with E-state index in [9.17, 15) is 13.2 Å². The van der Waals surface area contributed by atoms with Crippen molar-refractivity contribution in [3.63, 3.8) is 0 Å². The molecule has 25 heavy (non-hydrogen) atoms. The van der Waals surface area contributed by atoms with Gasteiger partial charge in [0.1, 0.15) is 0 Å². The number of hydrogen-bond acceptors (Lipinski definition) is 2. The highest BCUT2D eigenvalue weighted by atomic mass is 19.4. The van der Waals surface area contributed by atoms with Crippen LogP contribution in [0.1, 0.15) is 58.9 Å². The molecule has 3 rings (SSSR count). The molecule has 1 aromatic carbocycles. The lowest BCUT2D eigenvalue weighted by atomic mass is 9.38. The zero-order valence-corrected chi connectivity index (χ0v) is 15.5. The van der Waals surface area contributed by atoms with Gasteiger partial charge in [0.05, 0.1) is 17.1 Å². The van der Waals surface area contributed by atoms with Crippen molar-refractivity contribution in [2.24, 2.45) is 5.92 Å². The molecule has 138 valence electrons. The van der Waals surface area contributed by atoms with Crippen LogP contribution in [-0.4, -0.2) is 24.5 Å². The highest BCUT2D eigenvalue weighted by Gasteiger charge is 2.68. The van der Waals surface area contributed by atoms with Crippen LogP contribution < -0.4 is 0 Å². The molecule has 2 aliphatic rings. The van der Waals surface area contributed by atoms with E-state index in [2.05, 4.69) is 0 Å². The maximum absolute atomic E-state index is 13.2. The third kappa shape index (κ3) is 3.01. The van der Waals surface area contributed by atoms with Gasteiger partial charge in [0, 0.05) is 5.31 Å². The average molecular weight is 354 g/mol. The minimum Gasteiger partial charge on any atom is -0.403 e. The Morgan fingerprint density at radius 2 is 1.48 bits per heavy atom. The molecule has 1 heterocycles. The highest BCUT2D eigenvalue weighted by molar-refractivity contribution is 6.50. The minimum absolute atomic E-state index is 0.0450. The maximum Gasteiger partial charge on any atom is 0.465 e. The van der Waals surface area contributed by atoms with Gasteiger partial charge in [-0.25, -0.2) is 0 Å². The molecule has 1 atom stereocenters. The van der Waals surface area contributed by atoms with Gasteiger partial charge in [-0.1, -0.05) is 37.3 Å². The van der Waals surface area contributed by atoms with Crippen LogP contribution in [-0.2, 0) is 9.31 Å². The molecule has 1 aliphatic heterocycles. The minimum atomic E-state index is -4.16. The van der Waals surface area contributed by atoms with Crippen molar-refractivity contribution in [3.05, 3.63) is 35.9 Å². The molecule has 0 amide bonds. The standard InChI is InChI=1S/C19H26BF3O2/c1-13(14-9-7-6-8-10-14)18(11-15(12-18)19(21,22)23)20-24-16(2,3)17(4,5)25-20/h6-10,13,15H,11-12H2,1-5H3/t13-,15?,18?/m1/s1. The third-order valence-corrected chi connectivity index (χ3v) is 6.60. The van der Waals surface area contributed by atoms with Crippen molar-refractivity contribution in [1.82, 2.24) is 0 Å². The lowest BCUT2D eigenvalue weighted by molar-refractivity contribution is -0.205. The van der Waals surface area contributed by atoms with E-state index in [1.807, 2.05) is 65.0 Å². The summed E-state index contributed by atoms with van der Waals surface area (Å²) in [6, 6.07) is 9.70. The predicted octanol–water partition coefficient (Wildman–Crippen LogP) is 5.60. The Morgan fingerprint density at radius 3 is 1.92 bits per heavy atom. The van der Waals surface area contributed by atoms with Crippen LogP contribution in [0.25, 0.3) is 0 Å². The second kappa shape index (κ2) is 5.75. The smallest absolute Gasteiger partial charge is 0.403 e. The lowest BCUT2D eigenvalue weighted by Gasteiger charge is -2.52. The number of halogens is 3. The molecule has 1 aliphatic carbocycles. The van der Waals surface area contributed by atoms with Crippen LogP contribution in [0.15, 0.2) is 30.3 Å². The van der Waals surface area contributed by atoms with Crippen LogP contribution >= 0.6 is 0 Å². The third-order valence-electron chi connectivity index (χ3n) is 6.60. The summed E-state index contributed by atoms with van der Waals surface area (Å²) in [5, 5.41) is -0.660. The van der Waals surface area contributed by atoms with Gasteiger partial charge in [0.2, 0.25) is 0 Å². The lowest BCUT2D eigenvalue weighted by Crippen LogP contribution is -2.52. The number of alkyl halides is 3. The molecule has 2 nitrogen and oxygen atoms in total. The van der Waals surface area contributed by atoms with Crippen molar-refractivity contribution < 1.29 is 22.5 Å². The molecule has 0 N–H and O–H groups in total. The summed E-state index contributed by atoms with van der Waals surface area (Å²) in [7, 11) is -0.633. The van der Waals surface area contributed by atoms with Gasteiger partial charge >= 0.3 is 13.3 Å². The van der Waals surface area contributed by atoms with Gasteiger partial charge in [-0.3, -0.25) is 0 Å². The van der Waals surface area contributed by atoms with Gasteiger partial charge in [-0.15, -0.1) is 0 Å². The zero-order valence-electron chi connectivity index (χ0n) is 15.5. The molecule has 0 unspecified atom stereocenters. The van der Waals surface area contributed by atoms with E-state index >= 15 is 0 Å². The summed E-state index contributed by atoms with van der Waals surface area (Å²) in [6.45, 7) is 9.75. The normalized spacial score (nSPS) is 32.3. The Balaban J connectivity index is 1.93. The van der Waals surface area contributed by atoms with Crippen LogP contribution in [0, 0.1) is 5.92 Å². The van der Waals surface area contributed by atoms with Crippen LogP contribution in [0.4, 0.5) is 13.2 Å². The average Bonchev–Trinajstić information content (AvgIpc) is 2.65. The molecule has 1 saturated heterocycles. The number of rotatable bonds is 3. The number of hydrogen-bond donors (Lipinski definition) is 0. The van der Waals surface area contributed by atoms with E-state index in [4.69, 9.17) is 9.31 Å². The molecule has 0 bridgehead atoms. The van der Waals surface area contributed by atoms with Crippen molar-refractivity contribution in [1.29, 1.82) is 0 Å². The van der Waals surface area contributed by atoms with Gasteiger partial charge in [0.15, 0.2) is 0 Å². The Bertz CT molecular complexity index is 605. The molecule has 0 spiro atoms. The first-order valence-corrected chi connectivity index (χ1v) is 8.86. The van der Waals surface area contributed by atoms with Gasteiger partial charge in [-0.2, -0.15) is 13.2 Å². The first-order chi connectivity index (χ1) is 11.4. The Labute approximate surface area is 148 Å².